The molecule has 0 bridgehead atoms. The fourth-order valence-corrected chi connectivity index (χ4v) is 1.67. The number of amides is 1. The molecule has 0 spiro atoms. The van der Waals surface area contributed by atoms with Crippen LogP contribution in [0.25, 0.3) is 0 Å². The molecule has 1 amide bonds. The Morgan fingerprint density at radius 3 is 2.83 bits per heavy atom. The lowest BCUT2D eigenvalue weighted by atomic mass is 10.4. The van der Waals surface area contributed by atoms with E-state index < -0.39 is 0 Å². The van der Waals surface area contributed by atoms with E-state index in [4.69, 9.17) is 17.3 Å². The predicted molar refractivity (Wildman–Crippen MR) is 73.4 cm³/mol. The molecule has 2 rings (SSSR count). The van der Waals surface area contributed by atoms with E-state index in [9.17, 15) is 4.79 Å². The smallest absolute Gasteiger partial charge is 0.239 e. The van der Waals surface area contributed by atoms with Gasteiger partial charge >= 0.3 is 0 Å². The normalized spacial score (nSPS) is 14.3. The second kappa shape index (κ2) is 5.71. The Hall–Kier alpha value is -1.08. The zero-order valence-corrected chi connectivity index (χ0v) is 11.9. The first-order valence-corrected chi connectivity index (χ1v) is 6.72. The number of rotatable bonds is 5. The maximum Gasteiger partial charge on any atom is 0.239 e. The molecule has 1 aliphatic rings. The molecule has 98 valence electrons. The highest BCUT2D eigenvalue weighted by atomic mass is 79.9. The number of carbonyl (C=O) groups is 1. The fraction of sp³-hybridized carbons (Fsp3) is 0.500. The third-order valence-corrected chi connectivity index (χ3v) is 3.81. The van der Waals surface area contributed by atoms with E-state index in [0.717, 1.165) is 6.54 Å². The first kappa shape index (κ1) is 13.4. The Morgan fingerprint density at radius 2 is 2.22 bits per heavy atom. The molecule has 1 heterocycles. The minimum atomic E-state index is -0.0943. The summed E-state index contributed by atoms with van der Waals surface area (Å²) in [4.78, 5) is 19.4. The van der Waals surface area contributed by atoms with Gasteiger partial charge in [0, 0.05) is 6.54 Å². The van der Waals surface area contributed by atoms with Crippen LogP contribution in [-0.4, -0.2) is 29.0 Å². The van der Waals surface area contributed by atoms with E-state index in [1.54, 1.807) is 0 Å². The summed E-state index contributed by atoms with van der Waals surface area (Å²) in [5, 5.41) is 5.81. The topological polar surface area (TPSA) is 92.9 Å². The standard InChI is InChI=1S/C10H13BrClN5O/c11-7-8(12)16-10(17-9(7)13)15-4-6(18)14-3-5-1-2-5/h5H,1-4H2,(H,14,18)(H3,13,15,16,17). The van der Waals surface area contributed by atoms with Gasteiger partial charge in [-0.1, -0.05) is 11.6 Å². The highest BCUT2D eigenvalue weighted by Crippen LogP contribution is 2.27. The van der Waals surface area contributed by atoms with Gasteiger partial charge < -0.3 is 16.4 Å². The number of anilines is 2. The molecule has 1 saturated carbocycles. The van der Waals surface area contributed by atoms with Crippen molar-refractivity contribution in [3.8, 4) is 0 Å². The molecule has 1 aromatic rings. The first-order valence-electron chi connectivity index (χ1n) is 5.55. The summed E-state index contributed by atoms with van der Waals surface area (Å²) in [6, 6.07) is 0. The zero-order chi connectivity index (χ0) is 13.1. The Kier molecular flexibility index (Phi) is 4.23. The first-order chi connectivity index (χ1) is 8.56. The summed E-state index contributed by atoms with van der Waals surface area (Å²) in [6.07, 6.45) is 2.41. The quantitative estimate of drug-likeness (QED) is 0.708. The minimum Gasteiger partial charge on any atom is -0.383 e. The number of carbonyl (C=O) groups excluding carboxylic acids is 1. The maximum atomic E-state index is 11.5. The summed E-state index contributed by atoms with van der Waals surface area (Å²) in [5.41, 5.74) is 5.61. The van der Waals surface area contributed by atoms with Crippen molar-refractivity contribution >= 4 is 45.2 Å². The number of nitrogens with zero attached hydrogens (tertiary/aromatic N) is 2. The van der Waals surface area contributed by atoms with Crippen molar-refractivity contribution in [1.82, 2.24) is 15.3 Å². The van der Waals surface area contributed by atoms with Crippen LogP contribution in [0.4, 0.5) is 11.8 Å². The van der Waals surface area contributed by atoms with Gasteiger partial charge in [-0.2, -0.15) is 9.97 Å². The Morgan fingerprint density at radius 1 is 1.50 bits per heavy atom. The van der Waals surface area contributed by atoms with E-state index in [2.05, 4.69) is 36.5 Å². The van der Waals surface area contributed by atoms with Crippen LogP contribution in [0.3, 0.4) is 0 Å². The molecule has 18 heavy (non-hydrogen) atoms. The highest BCUT2D eigenvalue weighted by Gasteiger charge is 2.21. The number of nitrogens with one attached hydrogen (secondary N) is 2. The van der Waals surface area contributed by atoms with Gasteiger partial charge in [0.15, 0.2) is 5.15 Å². The van der Waals surface area contributed by atoms with Gasteiger partial charge in [-0.05, 0) is 34.7 Å². The summed E-state index contributed by atoms with van der Waals surface area (Å²) in [6.45, 7) is 0.842. The molecule has 8 heteroatoms. The van der Waals surface area contributed by atoms with Crippen LogP contribution >= 0.6 is 27.5 Å². The second-order valence-corrected chi connectivity index (χ2v) is 5.29. The molecule has 1 aliphatic carbocycles. The van der Waals surface area contributed by atoms with E-state index in [1.165, 1.54) is 12.8 Å². The molecular formula is C10H13BrClN5O. The van der Waals surface area contributed by atoms with Crippen molar-refractivity contribution in [3.05, 3.63) is 9.63 Å². The molecule has 1 fully saturated rings. The SMILES string of the molecule is Nc1nc(NCC(=O)NCC2CC2)nc(Cl)c1Br. The average Bonchev–Trinajstić information content (AvgIpc) is 3.14. The fourth-order valence-electron chi connectivity index (χ4n) is 1.32. The van der Waals surface area contributed by atoms with E-state index in [-0.39, 0.29) is 29.4 Å². The second-order valence-electron chi connectivity index (χ2n) is 4.14. The van der Waals surface area contributed by atoms with E-state index in [1.807, 2.05) is 0 Å². The Bertz CT molecular complexity index is 443. The van der Waals surface area contributed by atoms with Crippen molar-refractivity contribution in [2.24, 2.45) is 5.92 Å². The molecule has 0 unspecified atom stereocenters. The molecular weight excluding hydrogens is 322 g/mol. The van der Waals surface area contributed by atoms with Gasteiger partial charge in [0.2, 0.25) is 11.9 Å². The van der Waals surface area contributed by atoms with Crippen molar-refractivity contribution in [1.29, 1.82) is 0 Å². The summed E-state index contributed by atoms with van der Waals surface area (Å²) < 4.78 is 0.452. The van der Waals surface area contributed by atoms with Crippen LogP contribution in [0.5, 0.6) is 0 Å². The van der Waals surface area contributed by atoms with Gasteiger partial charge in [-0.3, -0.25) is 4.79 Å². The van der Waals surface area contributed by atoms with Gasteiger partial charge in [0.25, 0.3) is 0 Å². The molecule has 0 atom stereocenters. The van der Waals surface area contributed by atoms with Crippen LogP contribution in [0, 0.1) is 5.92 Å². The van der Waals surface area contributed by atoms with Crippen molar-refractivity contribution in [3.63, 3.8) is 0 Å². The number of nitrogens with two attached hydrogens (primary N) is 1. The zero-order valence-electron chi connectivity index (χ0n) is 9.54. The maximum absolute atomic E-state index is 11.5. The van der Waals surface area contributed by atoms with Crippen LogP contribution in [-0.2, 0) is 4.79 Å². The number of halogens is 2. The largest absolute Gasteiger partial charge is 0.383 e. The van der Waals surface area contributed by atoms with Crippen molar-refractivity contribution in [2.45, 2.75) is 12.8 Å². The van der Waals surface area contributed by atoms with Crippen LogP contribution < -0.4 is 16.4 Å². The van der Waals surface area contributed by atoms with Crippen LogP contribution in [0.2, 0.25) is 5.15 Å². The Labute approximate surface area is 118 Å². The van der Waals surface area contributed by atoms with Gasteiger partial charge in [0.05, 0.1) is 11.0 Å². The summed E-state index contributed by atoms with van der Waals surface area (Å²) >= 11 is 8.98. The summed E-state index contributed by atoms with van der Waals surface area (Å²) in [5.74, 6) is 1.03. The minimum absolute atomic E-state index is 0.0943. The van der Waals surface area contributed by atoms with Crippen molar-refractivity contribution in [2.75, 3.05) is 24.1 Å². The van der Waals surface area contributed by atoms with E-state index in [0.29, 0.717) is 10.4 Å². The number of aromatic nitrogens is 2. The molecule has 0 radical (unpaired) electrons. The molecule has 0 aliphatic heterocycles. The van der Waals surface area contributed by atoms with Crippen LogP contribution in [0.1, 0.15) is 12.8 Å². The van der Waals surface area contributed by atoms with Gasteiger partial charge in [-0.15, -0.1) is 0 Å². The summed E-state index contributed by atoms with van der Waals surface area (Å²) in [7, 11) is 0. The lowest BCUT2D eigenvalue weighted by Gasteiger charge is -2.07. The van der Waals surface area contributed by atoms with Crippen molar-refractivity contribution < 1.29 is 4.79 Å². The van der Waals surface area contributed by atoms with Gasteiger partial charge in [0.1, 0.15) is 5.82 Å². The lowest BCUT2D eigenvalue weighted by Crippen LogP contribution is -2.31. The average molecular weight is 335 g/mol. The molecule has 1 aromatic heterocycles. The van der Waals surface area contributed by atoms with Crippen LogP contribution in [0.15, 0.2) is 4.47 Å². The molecule has 0 aromatic carbocycles. The highest BCUT2D eigenvalue weighted by molar-refractivity contribution is 9.10. The number of nitrogen functional groups attached to an aromatic ring is 1. The Balaban J connectivity index is 1.83. The lowest BCUT2D eigenvalue weighted by molar-refractivity contribution is -0.119. The molecule has 0 saturated heterocycles. The number of hydrogen-bond donors (Lipinski definition) is 3. The third-order valence-electron chi connectivity index (χ3n) is 2.53. The monoisotopic (exact) mass is 333 g/mol. The number of hydrogen-bond acceptors (Lipinski definition) is 5. The molecule has 6 nitrogen and oxygen atoms in total. The predicted octanol–water partition coefficient (Wildman–Crippen LogP) is 1.41. The third kappa shape index (κ3) is 3.71. The molecule has 4 N–H and O–H groups in total. The van der Waals surface area contributed by atoms with E-state index >= 15 is 0 Å². The van der Waals surface area contributed by atoms with Gasteiger partial charge in [-0.25, -0.2) is 0 Å².